The number of aryl methyl sites for hydroxylation is 2. The normalized spacial score (nSPS) is 25.1. The van der Waals surface area contributed by atoms with E-state index in [0.29, 0.717) is 12.1 Å². The van der Waals surface area contributed by atoms with Crippen LogP contribution in [-0.2, 0) is 0 Å². The molecule has 0 radical (unpaired) electrons. The first-order valence-electron chi connectivity index (χ1n) is 6.63. The highest BCUT2D eigenvalue weighted by molar-refractivity contribution is 5.56. The molecule has 0 aromatic heterocycles. The quantitative estimate of drug-likeness (QED) is 0.843. The van der Waals surface area contributed by atoms with Gasteiger partial charge >= 0.3 is 0 Å². The van der Waals surface area contributed by atoms with Gasteiger partial charge < -0.3 is 10.2 Å². The molecule has 0 amide bonds. The van der Waals surface area contributed by atoms with E-state index in [1.54, 1.807) is 0 Å². The monoisotopic (exact) mass is 232 g/mol. The van der Waals surface area contributed by atoms with E-state index in [9.17, 15) is 0 Å². The van der Waals surface area contributed by atoms with Crippen LogP contribution in [0.2, 0.25) is 0 Å². The molecule has 1 fully saturated rings. The summed E-state index contributed by atoms with van der Waals surface area (Å²) in [5.41, 5.74) is 4.17. The Morgan fingerprint density at radius 3 is 2.71 bits per heavy atom. The minimum atomic E-state index is 0.627. The molecule has 1 aliphatic rings. The molecule has 0 spiro atoms. The lowest BCUT2D eigenvalue weighted by Crippen LogP contribution is -2.46. The molecule has 94 valence electrons. The summed E-state index contributed by atoms with van der Waals surface area (Å²) in [5.74, 6) is 0. The van der Waals surface area contributed by atoms with Crippen molar-refractivity contribution in [3.63, 3.8) is 0 Å². The Kier molecular flexibility index (Phi) is 3.72. The van der Waals surface area contributed by atoms with Crippen LogP contribution in [0.1, 0.15) is 30.9 Å². The van der Waals surface area contributed by atoms with Crippen molar-refractivity contribution in [2.75, 3.05) is 18.5 Å². The number of benzene rings is 1. The van der Waals surface area contributed by atoms with Crippen LogP contribution >= 0.6 is 0 Å². The fourth-order valence-corrected chi connectivity index (χ4v) is 2.82. The smallest absolute Gasteiger partial charge is 0.0400 e. The standard InChI is InChI=1S/C15H24N2/c1-11-5-6-12(2)15(9-11)17-8-7-14(16-4)10-13(17)3/h5-6,9,13-14,16H,7-8,10H2,1-4H3. The van der Waals surface area contributed by atoms with Crippen LogP contribution in [0, 0.1) is 13.8 Å². The Balaban J connectivity index is 2.20. The Morgan fingerprint density at radius 2 is 2.06 bits per heavy atom. The van der Waals surface area contributed by atoms with Crippen molar-refractivity contribution in [3.8, 4) is 0 Å². The maximum atomic E-state index is 3.41. The summed E-state index contributed by atoms with van der Waals surface area (Å²) in [5, 5.41) is 3.41. The summed E-state index contributed by atoms with van der Waals surface area (Å²) in [6.07, 6.45) is 2.48. The second-order valence-corrected chi connectivity index (χ2v) is 5.34. The number of nitrogens with zero attached hydrogens (tertiary/aromatic N) is 1. The fourth-order valence-electron chi connectivity index (χ4n) is 2.82. The molecule has 1 aromatic carbocycles. The summed E-state index contributed by atoms with van der Waals surface area (Å²) in [6.45, 7) is 7.89. The fraction of sp³-hybridized carbons (Fsp3) is 0.600. The summed E-state index contributed by atoms with van der Waals surface area (Å²) >= 11 is 0. The zero-order valence-corrected chi connectivity index (χ0v) is 11.5. The second kappa shape index (κ2) is 5.09. The molecular weight excluding hydrogens is 208 g/mol. The predicted molar refractivity (Wildman–Crippen MR) is 74.8 cm³/mol. The Morgan fingerprint density at radius 1 is 1.29 bits per heavy atom. The lowest BCUT2D eigenvalue weighted by atomic mass is 9.96. The number of anilines is 1. The third-order valence-electron chi connectivity index (χ3n) is 3.96. The molecule has 17 heavy (non-hydrogen) atoms. The van der Waals surface area contributed by atoms with Crippen molar-refractivity contribution in [1.29, 1.82) is 0 Å². The molecule has 2 nitrogen and oxygen atoms in total. The molecule has 2 unspecified atom stereocenters. The van der Waals surface area contributed by atoms with Gasteiger partial charge in [0, 0.05) is 24.3 Å². The summed E-state index contributed by atoms with van der Waals surface area (Å²) < 4.78 is 0. The van der Waals surface area contributed by atoms with Crippen LogP contribution < -0.4 is 10.2 Å². The van der Waals surface area contributed by atoms with Crippen LogP contribution in [0.5, 0.6) is 0 Å². The van der Waals surface area contributed by atoms with Gasteiger partial charge in [0.2, 0.25) is 0 Å². The van der Waals surface area contributed by atoms with E-state index in [1.165, 1.54) is 29.7 Å². The number of nitrogens with one attached hydrogen (secondary N) is 1. The van der Waals surface area contributed by atoms with Crippen molar-refractivity contribution in [2.45, 2.75) is 45.7 Å². The lowest BCUT2D eigenvalue weighted by Gasteiger charge is -2.40. The van der Waals surface area contributed by atoms with Gasteiger partial charge in [-0.1, -0.05) is 12.1 Å². The third kappa shape index (κ3) is 2.63. The first-order chi connectivity index (χ1) is 8.11. The Labute approximate surface area is 105 Å². The Hall–Kier alpha value is -1.02. The van der Waals surface area contributed by atoms with Gasteiger partial charge in [-0.2, -0.15) is 0 Å². The maximum Gasteiger partial charge on any atom is 0.0400 e. The maximum absolute atomic E-state index is 3.41. The summed E-state index contributed by atoms with van der Waals surface area (Å²) in [6, 6.07) is 8.07. The van der Waals surface area contributed by atoms with Crippen molar-refractivity contribution >= 4 is 5.69 Å². The molecule has 1 saturated heterocycles. The minimum Gasteiger partial charge on any atom is -0.368 e. The van der Waals surface area contributed by atoms with Crippen molar-refractivity contribution < 1.29 is 0 Å². The summed E-state index contributed by atoms with van der Waals surface area (Å²) in [4.78, 5) is 2.57. The molecular formula is C15H24N2. The largest absolute Gasteiger partial charge is 0.368 e. The van der Waals surface area contributed by atoms with E-state index < -0.39 is 0 Å². The van der Waals surface area contributed by atoms with Crippen molar-refractivity contribution in [2.24, 2.45) is 0 Å². The topological polar surface area (TPSA) is 15.3 Å². The van der Waals surface area contributed by atoms with Crippen molar-refractivity contribution in [1.82, 2.24) is 5.32 Å². The van der Waals surface area contributed by atoms with Gasteiger partial charge in [-0.3, -0.25) is 0 Å². The van der Waals surface area contributed by atoms with Gasteiger partial charge in [-0.25, -0.2) is 0 Å². The molecule has 0 saturated carbocycles. The van der Waals surface area contributed by atoms with E-state index in [4.69, 9.17) is 0 Å². The predicted octanol–water partition coefficient (Wildman–Crippen LogP) is 2.88. The number of hydrogen-bond acceptors (Lipinski definition) is 2. The zero-order valence-electron chi connectivity index (χ0n) is 11.5. The van der Waals surface area contributed by atoms with Gasteiger partial charge in [0.1, 0.15) is 0 Å². The van der Waals surface area contributed by atoms with Crippen LogP contribution in [0.25, 0.3) is 0 Å². The molecule has 0 aliphatic carbocycles. The summed E-state index contributed by atoms with van der Waals surface area (Å²) in [7, 11) is 2.07. The first-order valence-corrected chi connectivity index (χ1v) is 6.63. The van der Waals surface area contributed by atoms with E-state index >= 15 is 0 Å². The molecule has 1 aromatic rings. The molecule has 0 bridgehead atoms. The van der Waals surface area contributed by atoms with E-state index in [2.05, 4.69) is 56.2 Å². The number of hydrogen-bond donors (Lipinski definition) is 1. The highest BCUT2D eigenvalue weighted by atomic mass is 15.2. The molecule has 2 heteroatoms. The average Bonchev–Trinajstić information content (AvgIpc) is 2.32. The van der Waals surface area contributed by atoms with E-state index in [0.717, 1.165) is 6.54 Å². The highest BCUT2D eigenvalue weighted by Crippen LogP contribution is 2.28. The average molecular weight is 232 g/mol. The lowest BCUT2D eigenvalue weighted by molar-refractivity contribution is 0.387. The number of piperidine rings is 1. The third-order valence-corrected chi connectivity index (χ3v) is 3.96. The molecule has 2 rings (SSSR count). The number of rotatable bonds is 2. The van der Waals surface area contributed by atoms with Gasteiger partial charge in [-0.05, 0) is 57.9 Å². The first kappa shape index (κ1) is 12.4. The van der Waals surface area contributed by atoms with Gasteiger partial charge in [0.25, 0.3) is 0 Å². The van der Waals surface area contributed by atoms with E-state index in [-0.39, 0.29) is 0 Å². The van der Waals surface area contributed by atoms with Crippen LogP contribution in [0.15, 0.2) is 18.2 Å². The van der Waals surface area contributed by atoms with Gasteiger partial charge in [-0.15, -0.1) is 0 Å². The van der Waals surface area contributed by atoms with Gasteiger partial charge in [0.05, 0.1) is 0 Å². The molecule has 1 N–H and O–H groups in total. The highest BCUT2D eigenvalue weighted by Gasteiger charge is 2.25. The van der Waals surface area contributed by atoms with E-state index in [1.807, 2.05) is 0 Å². The SMILES string of the molecule is CNC1CCN(c2cc(C)ccc2C)C(C)C1. The Bertz CT molecular complexity index is 387. The zero-order chi connectivity index (χ0) is 12.4. The minimum absolute atomic E-state index is 0.627. The molecule has 1 heterocycles. The van der Waals surface area contributed by atoms with Crippen LogP contribution in [0.4, 0.5) is 5.69 Å². The second-order valence-electron chi connectivity index (χ2n) is 5.34. The molecule has 2 atom stereocenters. The molecule has 1 aliphatic heterocycles. The van der Waals surface area contributed by atoms with Crippen LogP contribution in [-0.4, -0.2) is 25.7 Å². The van der Waals surface area contributed by atoms with Crippen molar-refractivity contribution in [3.05, 3.63) is 29.3 Å². The van der Waals surface area contributed by atoms with Gasteiger partial charge in [0.15, 0.2) is 0 Å². The van der Waals surface area contributed by atoms with Crippen LogP contribution in [0.3, 0.4) is 0 Å².